The van der Waals surface area contributed by atoms with Crippen molar-refractivity contribution in [1.29, 1.82) is 5.26 Å². The first-order valence-corrected chi connectivity index (χ1v) is 8.02. The fourth-order valence-corrected chi connectivity index (χ4v) is 1.99. The molecule has 0 fully saturated rings. The normalized spacial score (nSPS) is 11.2. The van der Waals surface area contributed by atoms with Crippen molar-refractivity contribution in [3.05, 3.63) is 0 Å². The molecular formula is C13H23N3O3S. The van der Waals surface area contributed by atoms with Crippen molar-refractivity contribution >= 4 is 23.8 Å². The van der Waals surface area contributed by atoms with Crippen LogP contribution in [-0.2, 0) is 9.53 Å². The molecule has 0 aromatic carbocycles. The summed E-state index contributed by atoms with van der Waals surface area (Å²) in [5.74, 6) is -0.262. The van der Waals surface area contributed by atoms with E-state index in [1.54, 1.807) is 6.26 Å². The summed E-state index contributed by atoms with van der Waals surface area (Å²) in [6.07, 6.45) is 5.45. The van der Waals surface area contributed by atoms with Gasteiger partial charge in [-0.25, -0.2) is 4.79 Å². The largest absolute Gasteiger partial charge is 0.450 e. The summed E-state index contributed by atoms with van der Waals surface area (Å²) in [6.45, 7) is 2.67. The molecule has 114 valence electrons. The molecule has 2 amide bonds. The number of alkyl carbamates (subject to hydrolysis) is 1. The van der Waals surface area contributed by atoms with Crippen molar-refractivity contribution in [1.82, 2.24) is 10.6 Å². The summed E-state index contributed by atoms with van der Waals surface area (Å²) < 4.78 is 5.00. The van der Waals surface area contributed by atoms with Gasteiger partial charge in [0.25, 0.3) is 0 Å². The molecule has 7 heteroatoms. The van der Waals surface area contributed by atoms with Gasteiger partial charge in [0.15, 0.2) is 0 Å². The summed E-state index contributed by atoms with van der Waals surface area (Å²) >= 11 is 1.31. The number of thioether (sulfide) groups is 1. The van der Waals surface area contributed by atoms with Gasteiger partial charge in [0.05, 0.1) is 12.7 Å². The zero-order valence-corrected chi connectivity index (χ0v) is 12.9. The van der Waals surface area contributed by atoms with Gasteiger partial charge in [0.2, 0.25) is 5.91 Å². The molecule has 0 saturated heterocycles. The van der Waals surface area contributed by atoms with Crippen LogP contribution in [-0.4, -0.2) is 43.2 Å². The molecule has 6 nitrogen and oxygen atoms in total. The van der Waals surface area contributed by atoms with Crippen LogP contribution in [0.15, 0.2) is 0 Å². The number of nitriles is 1. The van der Waals surface area contributed by atoms with Crippen LogP contribution in [0.4, 0.5) is 4.79 Å². The molecule has 0 heterocycles. The van der Waals surface area contributed by atoms with Gasteiger partial charge in [-0.2, -0.15) is 17.0 Å². The molecule has 0 bridgehead atoms. The van der Waals surface area contributed by atoms with E-state index in [4.69, 9.17) is 10.00 Å². The lowest BCUT2D eigenvalue weighted by Gasteiger charge is -2.14. The maximum atomic E-state index is 11.6. The minimum Gasteiger partial charge on any atom is -0.450 e. The van der Waals surface area contributed by atoms with E-state index in [9.17, 15) is 9.59 Å². The van der Waals surface area contributed by atoms with Crippen LogP contribution in [0.2, 0.25) is 0 Å². The topological polar surface area (TPSA) is 91.2 Å². The van der Waals surface area contributed by atoms with Crippen LogP contribution in [0.5, 0.6) is 0 Å². The quantitative estimate of drug-likeness (QED) is 0.473. The molecule has 0 aromatic heterocycles. The van der Waals surface area contributed by atoms with Crippen LogP contribution >= 0.6 is 11.8 Å². The fourth-order valence-electron chi connectivity index (χ4n) is 1.44. The number of hydrogen-bond donors (Lipinski definition) is 2. The molecule has 0 aromatic rings. The van der Waals surface area contributed by atoms with Crippen LogP contribution < -0.4 is 10.6 Å². The van der Waals surface area contributed by atoms with Crippen molar-refractivity contribution in [2.24, 2.45) is 0 Å². The van der Waals surface area contributed by atoms with Crippen molar-refractivity contribution < 1.29 is 14.3 Å². The first-order valence-electron chi connectivity index (χ1n) is 6.73. The Morgan fingerprint density at radius 2 is 2.05 bits per heavy atom. The molecule has 0 saturated carbocycles. The highest BCUT2D eigenvalue weighted by atomic mass is 32.2. The Kier molecular flexibility index (Phi) is 11.7. The molecule has 1 atom stereocenters. The zero-order chi connectivity index (χ0) is 15.2. The van der Waals surface area contributed by atoms with E-state index in [1.165, 1.54) is 11.8 Å². The number of ether oxygens (including phenoxy) is 1. The number of amides is 2. The number of unbranched alkanes of at least 4 members (excludes halogenated alkanes) is 3. The average Bonchev–Trinajstić information content (AvgIpc) is 2.45. The van der Waals surface area contributed by atoms with Gasteiger partial charge in [-0.3, -0.25) is 4.79 Å². The lowest BCUT2D eigenvalue weighted by Crippen LogP contribution is -2.41. The van der Waals surface area contributed by atoms with E-state index >= 15 is 0 Å². The average molecular weight is 301 g/mol. The molecule has 2 N–H and O–H groups in total. The maximum Gasteiger partial charge on any atom is 0.407 e. The van der Waals surface area contributed by atoms with Crippen LogP contribution in [0.3, 0.4) is 0 Å². The zero-order valence-electron chi connectivity index (χ0n) is 12.1. The van der Waals surface area contributed by atoms with Gasteiger partial charge in [-0.05, 0) is 12.7 Å². The summed E-state index contributed by atoms with van der Waals surface area (Å²) in [5.41, 5.74) is 0. The van der Waals surface area contributed by atoms with Gasteiger partial charge < -0.3 is 15.4 Å². The Balaban J connectivity index is 3.79. The number of carbonyl (C=O) groups excluding carboxylic acids is 2. The molecule has 20 heavy (non-hydrogen) atoms. The van der Waals surface area contributed by atoms with Crippen molar-refractivity contribution in [2.75, 3.05) is 26.0 Å². The highest BCUT2D eigenvalue weighted by molar-refractivity contribution is 7.99. The highest BCUT2D eigenvalue weighted by Crippen LogP contribution is 2.05. The lowest BCUT2D eigenvalue weighted by molar-refractivity contribution is -0.120. The molecule has 0 aliphatic carbocycles. The van der Waals surface area contributed by atoms with Crippen LogP contribution in [0.1, 0.15) is 32.6 Å². The maximum absolute atomic E-state index is 11.6. The molecule has 0 radical (unpaired) electrons. The Morgan fingerprint density at radius 1 is 1.30 bits per heavy atom. The molecule has 0 rings (SSSR count). The smallest absolute Gasteiger partial charge is 0.407 e. The number of nitrogens with one attached hydrogen (secondary N) is 2. The van der Waals surface area contributed by atoms with E-state index in [2.05, 4.69) is 17.6 Å². The summed E-state index contributed by atoms with van der Waals surface area (Å²) in [5, 5.41) is 13.0. The summed E-state index contributed by atoms with van der Waals surface area (Å²) in [4.78, 5) is 23.0. The Morgan fingerprint density at radius 3 is 2.65 bits per heavy atom. The monoisotopic (exact) mass is 301 g/mol. The second-order valence-corrected chi connectivity index (χ2v) is 5.22. The van der Waals surface area contributed by atoms with Gasteiger partial charge in [0, 0.05) is 6.54 Å². The lowest BCUT2D eigenvalue weighted by atomic mass is 10.2. The minimum absolute atomic E-state index is 0.0300. The molecule has 1 unspecified atom stereocenters. The second kappa shape index (κ2) is 12.6. The third kappa shape index (κ3) is 9.50. The Hall–Kier alpha value is -1.42. The number of rotatable bonds is 10. The van der Waals surface area contributed by atoms with Crippen molar-refractivity contribution in [3.63, 3.8) is 0 Å². The van der Waals surface area contributed by atoms with Crippen molar-refractivity contribution in [3.8, 4) is 6.07 Å². The summed E-state index contributed by atoms with van der Waals surface area (Å²) in [6, 6.07) is 1.83. The van der Waals surface area contributed by atoms with Gasteiger partial charge in [-0.1, -0.05) is 26.2 Å². The highest BCUT2D eigenvalue weighted by Gasteiger charge is 2.17. The number of carbonyl (C=O) groups is 2. The van der Waals surface area contributed by atoms with Crippen LogP contribution in [0, 0.1) is 11.3 Å². The number of nitrogens with zero attached hydrogens (tertiary/aromatic N) is 1. The van der Waals surface area contributed by atoms with Gasteiger partial charge in [0.1, 0.15) is 11.8 Å². The third-order valence-corrected chi connectivity index (χ3v) is 3.53. The standard InChI is InChI=1S/C13H23N3O3S/c1-3-4-5-6-9-19-13(18)16-10-11(20-2)12(17)15-8-7-14/h11H,3-6,8-10H2,1-2H3,(H,15,17)(H,16,18). The first-order chi connectivity index (χ1) is 9.65. The molecule has 0 aliphatic rings. The van der Waals surface area contributed by atoms with Crippen molar-refractivity contribution in [2.45, 2.75) is 37.9 Å². The van der Waals surface area contributed by atoms with E-state index in [1.807, 2.05) is 6.07 Å². The predicted octanol–water partition coefficient (Wildman–Crippen LogP) is 1.66. The SMILES string of the molecule is CCCCCCOC(=O)NCC(SC)C(=O)NCC#N. The van der Waals surface area contributed by atoms with E-state index in [-0.39, 0.29) is 19.0 Å². The molecule has 0 aliphatic heterocycles. The molecular weight excluding hydrogens is 278 g/mol. The van der Waals surface area contributed by atoms with Crippen LogP contribution in [0.25, 0.3) is 0 Å². The number of hydrogen-bond acceptors (Lipinski definition) is 5. The minimum atomic E-state index is -0.506. The Bertz CT molecular complexity index is 331. The predicted molar refractivity (Wildman–Crippen MR) is 79.4 cm³/mol. The van der Waals surface area contributed by atoms with E-state index in [0.29, 0.717) is 6.61 Å². The van der Waals surface area contributed by atoms with Gasteiger partial charge >= 0.3 is 6.09 Å². The first kappa shape index (κ1) is 18.6. The summed E-state index contributed by atoms with van der Waals surface area (Å²) in [7, 11) is 0. The fraction of sp³-hybridized carbons (Fsp3) is 0.769. The Labute approximate surface area is 124 Å². The third-order valence-electron chi connectivity index (χ3n) is 2.58. The van der Waals surface area contributed by atoms with E-state index < -0.39 is 11.3 Å². The van der Waals surface area contributed by atoms with E-state index in [0.717, 1.165) is 25.7 Å². The van der Waals surface area contributed by atoms with Gasteiger partial charge in [-0.15, -0.1) is 0 Å². The molecule has 0 spiro atoms. The second-order valence-electron chi connectivity index (χ2n) is 4.18.